The van der Waals surface area contributed by atoms with Crippen LogP contribution in [0.1, 0.15) is 22.8 Å². The normalized spacial score (nSPS) is 11.3. The van der Waals surface area contributed by atoms with Gasteiger partial charge in [0.2, 0.25) is 0 Å². The number of anilines is 1. The summed E-state index contributed by atoms with van der Waals surface area (Å²) in [4.78, 5) is 10.7. The number of halogens is 1. The summed E-state index contributed by atoms with van der Waals surface area (Å²) in [7, 11) is -4.67. The average molecular weight is 431 g/mol. The third kappa shape index (κ3) is 8.40. The number of nitrogens with one attached hydrogen (secondary N) is 1. The van der Waals surface area contributed by atoms with Gasteiger partial charge in [0.1, 0.15) is 0 Å². The molecule has 0 bridgehead atoms. The SMILES string of the molecule is C/C(=N\Nc1ccc(C(=O)O)cc1)c1ccccc1Br.O=S(=O)(O)O. The molecule has 2 aromatic rings. The molecule has 0 spiro atoms. The summed E-state index contributed by atoms with van der Waals surface area (Å²) in [5.41, 5.74) is 5.73. The van der Waals surface area contributed by atoms with Gasteiger partial charge in [-0.25, -0.2) is 4.79 Å². The van der Waals surface area contributed by atoms with Crippen LogP contribution in [0, 0.1) is 0 Å². The molecule has 134 valence electrons. The Hall–Kier alpha value is -2.27. The Kier molecular flexibility index (Phi) is 7.71. The van der Waals surface area contributed by atoms with Crippen molar-refractivity contribution in [3.05, 3.63) is 64.1 Å². The van der Waals surface area contributed by atoms with Crippen LogP contribution >= 0.6 is 15.9 Å². The average Bonchev–Trinajstić information content (AvgIpc) is 2.52. The first-order valence-corrected chi connectivity index (χ1v) is 8.85. The molecular formula is C15H15BrN2O6S. The summed E-state index contributed by atoms with van der Waals surface area (Å²) in [5, 5.41) is 13.1. The first kappa shape index (κ1) is 20.8. The topological polar surface area (TPSA) is 136 Å². The third-order valence-corrected chi connectivity index (χ3v) is 3.44. The van der Waals surface area contributed by atoms with E-state index in [0.717, 1.165) is 21.4 Å². The molecular weight excluding hydrogens is 416 g/mol. The van der Waals surface area contributed by atoms with E-state index in [1.165, 1.54) is 12.1 Å². The summed E-state index contributed by atoms with van der Waals surface area (Å²) < 4.78 is 32.6. The van der Waals surface area contributed by atoms with Crippen LogP contribution in [0.3, 0.4) is 0 Å². The Balaban J connectivity index is 0.000000550. The molecule has 0 unspecified atom stereocenters. The van der Waals surface area contributed by atoms with Crippen molar-refractivity contribution in [1.29, 1.82) is 0 Å². The zero-order chi connectivity index (χ0) is 19.0. The molecule has 0 heterocycles. The summed E-state index contributed by atoms with van der Waals surface area (Å²) in [6.45, 7) is 1.90. The Labute approximate surface area is 152 Å². The molecule has 0 saturated carbocycles. The molecule has 4 N–H and O–H groups in total. The predicted octanol–water partition coefficient (Wildman–Crippen LogP) is 3.33. The highest BCUT2D eigenvalue weighted by molar-refractivity contribution is 9.10. The number of carboxylic acids is 1. The van der Waals surface area contributed by atoms with E-state index < -0.39 is 16.4 Å². The van der Waals surface area contributed by atoms with E-state index in [1.54, 1.807) is 12.1 Å². The van der Waals surface area contributed by atoms with Crippen molar-refractivity contribution in [3.8, 4) is 0 Å². The molecule has 0 aliphatic carbocycles. The number of benzene rings is 2. The van der Waals surface area contributed by atoms with E-state index in [-0.39, 0.29) is 5.56 Å². The zero-order valence-electron chi connectivity index (χ0n) is 12.9. The van der Waals surface area contributed by atoms with Crippen LogP contribution in [-0.4, -0.2) is 34.3 Å². The van der Waals surface area contributed by atoms with Gasteiger partial charge in [-0.15, -0.1) is 0 Å². The molecule has 0 radical (unpaired) electrons. The maximum Gasteiger partial charge on any atom is 0.394 e. The predicted molar refractivity (Wildman–Crippen MR) is 97.6 cm³/mol. The van der Waals surface area contributed by atoms with Crippen molar-refractivity contribution in [2.45, 2.75) is 6.92 Å². The van der Waals surface area contributed by atoms with Crippen LogP contribution in [0.2, 0.25) is 0 Å². The van der Waals surface area contributed by atoms with Crippen LogP contribution in [-0.2, 0) is 10.4 Å². The Morgan fingerprint density at radius 3 is 2.08 bits per heavy atom. The molecule has 2 aromatic carbocycles. The van der Waals surface area contributed by atoms with Crippen LogP contribution in [0.25, 0.3) is 0 Å². The van der Waals surface area contributed by atoms with Gasteiger partial charge in [0.05, 0.1) is 17.0 Å². The second-order valence-electron chi connectivity index (χ2n) is 4.62. The van der Waals surface area contributed by atoms with Crippen molar-refractivity contribution < 1.29 is 27.4 Å². The number of rotatable bonds is 4. The van der Waals surface area contributed by atoms with Crippen molar-refractivity contribution in [1.82, 2.24) is 0 Å². The van der Waals surface area contributed by atoms with Crippen LogP contribution < -0.4 is 5.43 Å². The monoisotopic (exact) mass is 430 g/mol. The number of hydrogen-bond donors (Lipinski definition) is 4. The van der Waals surface area contributed by atoms with E-state index in [0.29, 0.717) is 0 Å². The van der Waals surface area contributed by atoms with E-state index in [2.05, 4.69) is 26.5 Å². The highest BCUT2D eigenvalue weighted by Crippen LogP contribution is 2.17. The van der Waals surface area contributed by atoms with Gasteiger partial charge in [0.15, 0.2) is 0 Å². The minimum Gasteiger partial charge on any atom is -0.478 e. The highest BCUT2D eigenvalue weighted by atomic mass is 79.9. The van der Waals surface area contributed by atoms with Crippen LogP contribution in [0.15, 0.2) is 58.1 Å². The highest BCUT2D eigenvalue weighted by Gasteiger charge is 2.03. The van der Waals surface area contributed by atoms with Crippen LogP contribution in [0.5, 0.6) is 0 Å². The third-order valence-electron chi connectivity index (χ3n) is 2.75. The lowest BCUT2D eigenvalue weighted by Crippen LogP contribution is -2.01. The fourth-order valence-electron chi connectivity index (χ4n) is 1.65. The quantitative estimate of drug-likeness (QED) is 0.331. The Morgan fingerprint density at radius 2 is 1.60 bits per heavy atom. The fraction of sp³-hybridized carbons (Fsp3) is 0.0667. The van der Waals surface area contributed by atoms with Gasteiger partial charge in [0.25, 0.3) is 0 Å². The molecule has 8 nitrogen and oxygen atoms in total. The lowest BCUT2D eigenvalue weighted by atomic mass is 10.1. The molecule has 0 aliphatic heterocycles. The number of aromatic carboxylic acids is 1. The molecule has 0 fully saturated rings. The van der Waals surface area contributed by atoms with Gasteiger partial charge >= 0.3 is 16.4 Å². The maximum atomic E-state index is 10.7. The van der Waals surface area contributed by atoms with Crippen LogP contribution in [0.4, 0.5) is 5.69 Å². The van der Waals surface area contributed by atoms with Gasteiger partial charge < -0.3 is 5.11 Å². The summed E-state index contributed by atoms with van der Waals surface area (Å²) in [6, 6.07) is 14.2. The molecule has 25 heavy (non-hydrogen) atoms. The van der Waals surface area contributed by atoms with Gasteiger partial charge in [-0.05, 0) is 37.3 Å². The Morgan fingerprint density at radius 1 is 1.08 bits per heavy atom. The van der Waals surface area contributed by atoms with E-state index >= 15 is 0 Å². The number of carboxylic acid groups (broad SMARTS) is 1. The van der Waals surface area contributed by atoms with Gasteiger partial charge in [0, 0.05) is 10.0 Å². The smallest absolute Gasteiger partial charge is 0.394 e. The molecule has 0 aromatic heterocycles. The molecule has 0 amide bonds. The number of carbonyl (C=O) groups is 1. The minimum atomic E-state index is -4.67. The number of hydrazone groups is 1. The van der Waals surface area contributed by atoms with Gasteiger partial charge in [-0.2, -0.15) is 13.5 Å². The zero-order valence-corrected chi connectivity index (χ0v) is 15.3. The van der Waals surface area contributed by atoms with E-state index in [9.17, 15) is 4.79 Å². The van der Waals surface area contributed by atoms with Crippen molar-refractivity contribution in [2.75, 3.05) is 5.43 Å². The molecule has 0 aliphatic rings. The van der Waals surface area contributed by atoms with Gasteiger partial charge in [-0.1, -0.05) is 34.1 Å². The summed E-state index contributed by atoms with van der Waals surface area (Å²) >= 11 is 3.47. The van der Waals surface area contributed by atoms with Crippen molar-refractivity contribution >= 4 is 43.7 Å². The molecule has 2 rings (SSSR count). The maximum absolute atomic E-state index is 10.7. The summed E-state index contributed by atoms with van der Waals surface area (Å²) in [5.74, 6) is -0.940. The Bertz CT molecular complexity index is 858. The number of nitrogens with zero attached hydrogens (tertiary/aromatic N) is 1. The van der Waals surface area contributed by atoms with Gasteiger partial charge in [-0.3, -0.25) is 14.5 Å². The van der Waals surface area contributed by atoms with E-state index in [4.69, 9.17) is 22.6 Å². The van der Waals surface area contributed by atoms with Crippen molar-refractivity contribution in [3.63, 3.8) is 0 Å². The first-order chi connectivity index (χ1) is 11.6. The minimum absolute atomic E-state index is 0.252. The first-order valence-electron chi connectivity index (χ1n) is 6.66. The largest absolute Gasteiger partial charge is 0.478 e. The molecule has 0 saturated heterocycles. The second kappa shape index (κ2) is 9.28. The lowest BCUT2D eigenvalue weighted by molar-refractivity contribution is 0.0697. The molecule has 10 heteroatoms. The molecule has 0 atom stereocenters. The fourth-order valence-corrected chi connectivity index (χ4v) is 2.22. The van der Waals surface area contributed by atoms with E-state index in [1.807, 2.05) is 31.2 Å². The van der Waals surface area contributed by atoms with Crippen molar-refractivity contribution in [2.24, 2.45) is 5.10 Å². The lowest BCUT2D eigenvalue weighted by Gasteiger charge is -2.05. The summed E-state index contributed by atoms with van der Waals surface area (Å²) in [6.07, 6.45) is 0. The second-order valence-corrected chi connectivity index (χ2v) is 6.37. The number of hydrogen-bond acceptors (Lipinski definition) is 5. The standard InChI is InChI=1S/C15H13BrN2O2.H2O4S/c1-10(13-4-2-3-5-14(13)16)17-18-12-8-6-11(7-9-12)15(19)20;1-5(2,3)4/h2-9,18H,1H3,(H,19,20);(H2,1,2,3,4)/b17-10+;.